The highest BCUT2D eigenvalue weighted by Crippen LogP contribution is 2.24. The van der Waals surface area contributed by atoms with Gasteiger partial charge in [0.15, 0.2) is 5.13 Å². The number of fused-ring (bicyclic) bond motifs is 1. The molecule has 1 amide bonds. The van der Waals surface area contributed by atoms with Gasteiger partial charge >= 0.3 is 0 Å². The highest BCUT2D eigenvalue weighted by molar-refractivity contribution is 7.22. The van der Waals surface area contributed by atoms with Crippen molar-refractivity contribution in [3.05, 3.63) is 53.9 Å². The van der Waals surface area contributed by atoms with E-state index in [1.165, 1.54) is 11.3 Å². The third-order valence-electron chi connectivity index (χ3n) is 3.12. The Morgan fingerprint density at radius 2 is 2.05 bits per heavy atom. The summed E-state index contributed by atoms with van der Waals surface area (Å²) in [4.78, 5) is 20.3. The lowest BCUT2D eigenvalue weighted by Gasteiger charge is -2.05. The van der Waals surface area contributed by atoms with Gasteiger partial charge in [0.25, 0.3) is 5.91 Å². The van der Waals surface area contributed by atoms with E-state index in [9.17, 15) is 4.79 Å². The van der Waals surface area contributed by atoms with E-state index < -0.39 is 0 Å². The Balaban J connectivity index is 1.63. The van der Waals surface area contributed by atoms with Crippen molar-refractivity contribution in [3.63, 3.8) is 0 Å². The highest BCUT2D eigenvalue weighted by Gasteiger charge is 2.08. The fourth-order valence-corrected chi connectivity index (χ4v) is 2.83. The summed E-state index contributed by atoms with van der Waals surface area (Å²) in [6.45, 7) is 0.589. The van der Waals surface area contributed by atoms with Crippen LogP contribution in [0.1, 0.15) is 15.9 Å². The molecule has 0 bridgehead atoms. The Kier molecular flexibility index (Phi) is 3.79. The van der Waals surface area contributed by atoms with Crippen molar-refractivity contribution >= 4 is 32.6 Å². The standard InChI is InChI=1S/C15H14N4OS/c16-15-19-12-2-1-11(9-13(12)21-15)14(20)18-8-5-10-3-6-17-7-4-10/h1-4,6-7,9H,5,8H2,(H2,16,19)(H,18,20). The van der Waals surface area contributed by atoms with Crippen LogP contribution in [-0.4, -0.2) is 22.4 Å². The van der Waals surface area contributed by atoms with Crippen molar-refractivity contribution in [3.8, 4) is 0 Å². The summed E-state index contributed by atoms with van der Waals surface area (Å²) in [5, 5.41) is 3.43. The second-order valence-electron chi connectivity index (χ2n) is 4.60. The van der Waals surface area contributed by atoms with E-state index in [2.05, 4.69) is 15.3 Å². The number of carbonyl (C=O) groups is 1. The quantitative estimate of drug-likeness (QED) is 0.774. The lowest BCUT2D eigenvalue weighted by Crippen LogP contribution is -2.25. The molecule has 2 heterocycles. The number of hydrogen-bond donors (Lipinski definition) is 2. The number of nitrogens with two attached hydrogens (primary N) is 1. The lowest BCUT2D eigenvalue weighted by atomic mass is 10.2. The van der Waals surface area contributed by atoms with E-state index in [1.807, 2.05) is 24.3 Å². The Labute approximate surface area is 125 Å². The normalized spacial score (nSPS) is 10.7. The number of hydrogen-bond acceptors (Lipinski definition) is 5. The molecule has 3 aromatic rings. The van der Waals surface area contributed by atoms with Crippen LogP contribution in [-0.2, 0) is 6.42 Å². The first-order valence-electron chi connectivity index (χ1n) is 6.55. The number of amides is 1. The molecule has 0 atom stereocenters. The Hall–Kier alpha value is -2.47. The topological polar surface area (TPSA) is 80.9 Å². The smallest absolute Gasteiger partial charge is 0.251 e. The monoisotopic (exact) mass is 298 g/mol. The maximum atomic E-state index is 12.1. The van der Waals surface area contributed by atoms with Gasteiger partial charge in [-0.1, -0.05) is 11.3 Å². The molecular formula is C15H14N4OS. The molecule has 0 aliphatic heterocycles. The number of carbonyl (C=O) groups excluding carboxylic acids is 1. The molecule has 6 heteroatoms. The first-order valence-corrected chi connectivity index (χ1v) is 7.37. The molecule has 5 nitrogen and oxygen atoms in total. The third-order valence-corrected chi connectivity index (χ3v) is 3.96. The molecule has 0 saturated carbocycles. The number of nitrogen functional groups attached to an aromatic ring is 1. The van der Waals surface area contributed by atoms with E-state index in [-0.39, 0.29) is 5.91 Å². The zero-order valence-electron chi connectivity index (χ0n) is 11.2. The predicted octanol–water partition coefficient (Wildman–Crippen LogP) is 2.25. The molecule has 3 N–H and O–H groups in total. The number of aromatic nitrogens is 2. The zero-order valence-corrected chi connectivity index (χ0v) is 12.1. The molecule has 0 radical (unpaired) electrons. The van der Waals surface area contributed by atoms with E-state index in [4.69, 9.17) is 5.73 Å². The van der Waals surface area contributed by atoms with Crippen molar-refractivity contribution in [1.82, 2.24) is 15.3 Å². The molecule has 1 aromatic carbocycles. The van der Waals surface area contributed by atoms with Crippen molar-refractivity contribution in [1.29, 1.82) is 0 Å². The lowest BCUT2D eigenvalue weighted by molar-refractivity contribution is 0.0954. The van der Waals surface area contributed by atoms with Crippen LogP contribution in [0.15, 0.2) is 42.7 Å². The number of benzene rings is 1. The molecule has 21 heavy (non-hydrogen) atoms. The minimum Gasteiger partial charge on any atom is -0.375 e. The SMILES string of the molecule is Nc1nc2ccc(C(=O)NCCc3ccncc3)cc2s1. The first kappa shape index (κ1) is 13.5. The van der Waals surface area contributed by atoms with Gasteiger partial charge in [-0.15, -0.1) is 0 Å². The number of thiazole rings is 1. The van der Waals surface area contributed by atoms with Crippen molar-refractivity contribution in [2.75, 3.05) is 12.3 Å². The summed E-state index contributed by atoms with van der Waals surface area (Å²) in [6.07, 6.45) is 4.28. The maximum Gasteiger partial charge on any atom is 0.251 e. The van der Waals surface area contributed by atoms with Crippen LogP contribution < -0.4 is 11.1 Å². The molecule has 0 spiro atoms. The minimum atomic E-state index is -0.0853. The van der Waals surface area contributed by atoms with Crippen molar-refractivity contribution in [2.24, 2.45) is 0 Å². The Morgan fingerprint density at radius 3 is 2.86 bits per heavy atom. The van der Waals surface area contributed by atoms with Crippen LogP contribution in [0.4, 0.5) is 5.13 Å². The largest absolute Gasteiger partial charge is 0.375 e. The Bertz CT molecular complexity index is 770. The second kappa shape index (κ2) is 5.88. The van der Waals surface area contributed by atoms with Crippen LogP contribution in [0, 0.1) is 0 Å². The summed E-state index contributed by atoms with van der Waals surface area (Å²) in [7, 11) is 0. The molecule has 106 valence electrons. The van der Waals surface area contributed by atoms with E-state index in [0.717, 1.165) is 22.2 Å². The zero-order chi connectivity index (χ0) is 14.7. The average Bonchev–Trinajstić information content (AvgIpc) is 2.87. The van der Waals surface area contributed by atoms with Crippen LogP contribution in [0.2, 0.25) is 0 Å². The third kappa shape index (κ3) is 3.17. The fourth-order valence-electron chi connectivity index (χ4n) is 2.06. The summed E-state index contributed by atoms with van der Waals surface area (Å²) in [5.41, 5.74) is 8.26. The fraction of sp³-hybridized carbons (Fsp3) is 0.133. The van der Waals surface area contributed by atoms with Gasteiger partial charge in [0, 0.05) is 24.5 Å². The van der Waals surface area contributed by atoms with Gasteiger partial charge in [-0.3, -0.25) is 9.78 Å². The second-order valence-corrected chi connectivity index (χ2v) is 5.66. The molecule has 2 aromatic heterocycles. The van der Waals surface area contributed by atoms with Gasteiger partial charge in [-0.25, -0.2) is 4.98 Å². The predicted molar refractivity (Wildman–Crippen MR) is 84.3 cm³/mol. The van der Waals surface area contributed by atoms with Crippen LogP contribution >= 0.6 is 11.3 Å². The molecule has 0 aliphatic rings. The first-order chi connectivity index (χ1) is 10.2. The van der Waals surface area contributed by atoms with Crippen LogP contribution in [0.25, 0.3) is 10.2 Å². The highest BCUT2D eigenvalue weighted by atomic mass is 32.1. The van der Waals surface area contributed by atoms with Gasteiger partial charge in [-0.05, 0) is 42.3 Å². The summed E-state index contributed by atoms with van der Waals surface area (Å²) in [6, 6.07) is 9.30. The van der Waals surface area contributed by atoms with Gasteiger partial charge in [0.2, 0.25) is 0 Å². The molecule has 0 saturated heterocycles. The number of pyridine rings is 1. The molecule has 0 aliphatic carbocycles. The maximum absolute atomic E-state index is 12.1. The summed E-state index contributed by atoms with van der Waals surface area (Å²) in [5.74, 6) is -0.0853. The molecular weight excluding hydrogens is 284 g/mol. The molecule has 3 rings (SSSR count). The van der Waals surface area contributed by atoms with E-state index in [1.54, 1.807) is 18.5 Å². The molecule has 0 fully saturated rings. The van der Waals surface area contributed by atoms with Gasteiger partial charge < -0.3 is 11.1 Å². The number of rotatable bonds is 4. The van der Waals surface area contributed by atoms with Crippen LogP contribution in [0.5, 0.6) is 0 Å². The van der Waals surface area contributed by atoms with Gasteiger partial charge in [0.05, 0.1) is 10.2 Å². The van der Waals surface area contributed by atoms with Crippen LogP contribution in [0.3, 0.4) is 0 Å². The van der Waals surface area contributed by atoms with Crippen molar-refractivity contribution < 1.29 is 4.79 Å². The average molecular weight is 298 g/mol. The van der Waals surface area contributed by atoms with E-state index in [0.29, 0.717) is 17.2 Å². The summed E-state index contributed by atoms with van der Waals surface area (Å²) < 4.78 is 0.925. The van der Waals surface area contributed by atoms with E-state index >= 15 is 0 Å². The number of nitrogens with one attached hydrogen (secondary N) is 1. The number of nitrogens with zero attached hydrogens (tertiary/aromatic N) is 2. The molecule has 0 unspecified atom stereocenters. The van der Waals surface area contributed by atoms with Gasteiger partial charge in [0.1, 0.15) is 0 Å². The Morgan fingerprint density at radius 1 is 1.24 bits per heavy atom. The van der Waals surface area contributed by atoms with Gasteiger partial charge in [-0.2, -0.15) is 0 Å². The number of anilines is 1. The summed E-state index contributed by atoms with van der Waals surface area (Å²) >= 11 is 1.38. The van der Waals surface area contributed by atoms with Crippen molar-refractivity contribution in [2.45, 2.75) is 6.42 Å². The minimum absolute atomic E-state index is 0.0853.